The van der Waals surface area contributed by atoms with Crippen molar-refractivity contribution < 1.29 is 9.53 Å². The number of nitrogens with one attached hydrogen (secondary N) is 1. The van der Waals surface area contributed by atoms with E-state index in [1.807, 2.05) is 24.3 Å². The number of ether oxygens (including phenoxy) is 1. The van der Waals surface area contributed by atoms with Crippen LogP contribution < -0.4 is 16.0 Å². The first-order valence-corrected chi connectivity index (χ1v) is 5.89. The van der Waals surface area contributed by atoms with Gasteiger partial charge in [0.05, 0.1) is 13.0 Å². The summed E-state index contributed by atoms with van der Waals surface area (Å²) >= 11 is 6.10. The minimum atomic E-state index is -0.256. The second kappa shape index (κ2) is 5.71. The van der Waals surface area contributed by atoms with Gasteiger partial charge in [-0.1, -0.05) is 35.9 Å². The van der Waals surface area contributed by atoms with Crippen LogP contribution in [0.15, 0.2) is 36.4 Å². The minimum absolute atomic E-state index is 0.216. The van der Waals surface area contributed by atoms with Gasteiger partial charge in [0, 0.05) is 15.8 Å². The molecule has 2 aromatic rings. The van der Waals surface area contributed by atoms with Gasteiger partial charge in [-0.25, -0.2) is 5.84 Å². The molecule has 0 aliphatic carbocycles. The number of halogens is 1. The van der Waals surface area contributed by atoms with Crippen molar-refractivity contribution in [2.24, 2.45) is 5.84 Å². The summed E-state index contributed by atoms with van der Waals surface area (Å²) in [6.07, 6.45) is 0.216. The van der Waals surface area contributed by atoms with E-state index in [1.54, 1.807) is 12.1 Å². The molecule has 0 atom stereocenters. The Labute approximate surface area is 110 Å². The van der Waals surface area contributed by atoms with Crippen LogP contribution in [0.3, 0.4) is 0 Å². The molecule has 0 radical (unpaired) electrons. The molecule has 0 aromatic heterocycles. The zero-order chi connectivity index (χ0) is 13.0. The van der Waals surface area contributed by atoms with Crippen molar-refractivity contribution in [2.45, 2.75) is 6.42 Å². The van der Waals surface area contributed by atoms with Crippen LogP contribution in [0.1, 0.15) is 6.42 Å². The highest BCUT2D eigenvalue weighted by Crippen LogP contribution is 2.31. The number of carbonyl (C=O) groups excluding carboxylic acids is 1. The smallest absolute Gasteiger partial charge is 0.237 e. The van der Waals surface area contributed by atoms with Crippen molar-refractivity contribution in [1.82, 2.24) is 5.43 Å². The molecule has 0 spiro atoms. The van der Waals surface area contributed by atoms with Crippen molar-refractivity contribution in [3.63, 3.8) is 0 Å². The monoisotopic (exact) mass is 264 g/mol. The van der Waals surface area contributed by atoms with Gasteiger partial charge in [-0.3, -0.25) is 10.2 Å². The molecule has 0 fully saturated rings. The van der Waals surface area contributed by atoms with Crippen molar-refractivity contribution in [2.75, 3.05) is 6.61 Å². The quantitative estimate of drug-likeness (QED) is 0.506. The van der Waals surface area contributed by atoms with Gasteiger partial charge in [0.25, 0.3) is 0 Å². The van der Waals surface area contributed by atoms with Crippen molar-refractivity contribution in [1.29, 1.82) is 0 Å². The van der Waals surface area contributed by atoms with Crippen LogP contribution in [0.4, 0.5) is 0 Å². The Balaban J connectivity index is 2.18. The number of hydrogen-bond donors (Lipinski definition) is 2. The number of hydrazine groups is 1. The maximum Gasteiger partial charge on any atom is 0.237 e. The van der Waals surface area contributed by atoms with Crippen LogP contribution in [0.25, 0.3) is 10.8 Å². The number of hydrogen-bond acceptors (Lipinski definition) is 3. The fourth-order valence-electron chi connectivity index (χ4n) is 1.69. The Hall–Kier alpha value is -1.78. The third kappa shape index (κ3) is 2.72. The Kier molecular flexibility index (Phi) is 4.02. The molecule has 0 aliphatic heterocycles. The number of benzene rings is 2. The highest BCUT2D eigenvalue weighted by atomic mass is 35.5. The normalized spacial score (nSPS) is 10.3. The summed E-state index contributed by atoms with van der Waals surface area (Å²) in [4.78, 5) is 11.0. The number of rotatable bonds is 4. The van der Waals surface area contributed by atoms with Gasteiger partial charge in [-0.2, -0.15) is 0 Å². The molecule has 2 aromatic carbocycles. The van der Waals surface area contributed by atoms with Gasteiger partial charge in [0.15, 0.2) is 0 Å². The van der Waals surface area contributed by atoms with E-state index in [4.69, 9.17) is 22.2 Å². The van der Waals surface area contributed by atoms with Gasteiger partial charge < -0.3 is 4.74 Å². The Morgan fingerprint density at radius 3 is 2.67 bits per heavy atom. The standard InChI is InChI=1S/C13H13ClN2O2/c14-11-5-6-12(18-8-7-13(17)16-15)10-4-2-1-3-9(10)11/h1-6H,7-8,15H2,(H,16,17). The van der Waals surface area contributed by atoms with E-state index in [0.717, 1.165) is 10.8 Å². The molecule has 0 heterocycles. The lowest BCUT2D eigenvalue weighted by Gasteiger charge is -2.09. The predicted octanol–water partition coefficient (Wildman–Crippen LogP) is 2.25. The summed E-state index contributed by atoms with van der Waals surface area (Å²) in [5.74, 6) is 5.44. The SMILES string of the molecule is NNC(=O)CCOc1ccc(Cl)c2ccccc12. The van der Waals surface area contributed by atoms with Crippen molar-refractivity contribution >= 4 is 28.3 Å². The van der Waals surface area contributed by atoms with Crippen LogP contribution in [0.2, 0.25) is 5.02 Å². The summed E-state index contributed by atoms with van der Waals surface area (Å²) in [5, 5.41) is 2.54. The topological polar surface area (TPSA) is 64.3 Å². The van der Waals surface area contributed by atoms with Crippen molar-refractivity contribution in [3.05, 3.63) is 41.4 Å². The first-order valence-electron chi connectivity index (χ1n) is 5.52. The van der Waals surface area contributed by atoms with E-state index in [0.29, 0.717) is 10.8 Å². The first-order chi connectivity index (χ1) is 8.72. The minimum Gasteiger partial charge on any atom is -0.492 e. The fraction of sp³-hybridized carbons (Fsp3) is 0.154. The van der Waals surface area contributed by atoms with E-state index in [2.05, 4.69) is 5.43 Å². The number of carbonyl (C=O) groups is 1. The Bertz CT molecular complexity index is 572. The molecule has 0 unspecified atom stereocenters. The number of nitrogens with two attached hydrogens (primary N) is 1. The lowest BCUT2D eigenvalue weighted by atomic mass is 10.1. The molecule has 18 heavy (non-hydrogen) atoms. The molecule has 0 aliphatic rings. The summed E-state index contributed by atoms with van der Waals surface area (Å²) in [6.45, 7) is 0.272. The molecular formula is C13H13ClN2O2. The van der Waals surface area contributed by atoms with E-state index in [1.165, 1.54) is 0 Å². The molecular weight excluding hydrogens is 252 g/mol. The highest BCUT2D eigenvalue weighted by molar-refractivity contribution is 6.35. The summed E-state index contributed by atoms with van der Waals surface area (Å²) in [7, 11) is 0. The fourth-order valence-corrected chi connectivity index (χ4v) is 1.91. The third-order valence-electron chi connectivity index (χ3n) is 2.58. The van der Waals surface area contributed by atoms with Crippen LogP contribution in [0, 0.1) is 0 Å². The molecule has 1 amide bonds. The number of amides is 1. The van der Waals surface area contributed by atoms with E-state index in [9.17, 15) is 4.79 Å². The Morgan fingerprint density at radius 2 is 1.94 bits per heavy atom. The number of fused-ring (bicyclic) bond motifs is 1. The van der Waals surface area contributed by atoms with E-state index < -0.39 is 0 Å². The van der Waals surface area contributed by atoms with Crippen molar-refractivity contribution in [3.8, 4) is 5.75 Å². The average molecular weight is 265 g/mol. The highest BCUT2D eigenvalue weighted by Gasteiger charge is 2.06. The van der Waals surface area contributed by atoms with E-state index >= 15 is 0 Å². The third-order valence-corrected chi connectivity index (χ3v) is 2.91. The molecule has 4 nitrogen and oxygen atoms in total. The molecule has 0 bridgehead atoms. The first kappa shape index (κ1) is 12.7. The molecule has 3 N–H and O–H groups in total. The molecule has 5 heteroatoms. The summed E-state index contributed by atoms with van der Waals surface area (Å²) in [6, 6.07) is 11.3. The maximum atomic E-state index is 11.0. The van der Waals surface area contributed by atoms with Gasteiger partial charge >= 0.3 is 0 Å². The molecule has 0 saturated carbocycles. The summed E-state index contributed by atoms with van der Waals surface area (Å²) in [5.41, 5.74) is 2.06. The van der Waals surface area contributed by atoms with Crippen LogP contribution in [0.5, 0.6) is 5.75 Å². The van der Waals surface area contributed by atoms with Gasteiger partial charge in [-0.15, -0.1) is 0 Å². The largest absolute Gasteiger partial charge is 0.492 e. The lowest BCUT2D eigenvalue weighted by molar-refractivity contribution is -0.121. The lowest BCUT2D eigenvalue weighted by Crippen LogP contribution is -2.31. The van der Waals surface area contributed by atoms with Gasteiger partial charge in [-0.05, 0) is 12.1 Å². The zero-order valence-corrected chi connectivity index (χ0v) is 10.4. The molecule has 94 valence electrons. The Morgan fingerprint density at radius 1 is 1.22 bits per heavy atom. The maximum absolute atomic E-state index is 11.0. The average Bonchev–Trinajstić information content (AvgIpc) is 2.41. The second-order valence-electron chi connectivity index (χ2n) is 3.76. The second-order valence-corrected chi connectivity index (χ2v) is 4.16. The van der Waals surface area contributed by atoms with Gasteiger partial charge in [0.2, 0.25) is 5.91 Å². The predicted molar refractivity (Wildman–Crippen MR) is 71.4 cm³/mol. The van der Waals surface area contributed by atoms with Crippen LogP contribution >= 0.6 is 11.6 Å². The molecule has 2 rings (SSSR count). The zero-order valence-electron chi connectivity index (χ0n) is 9.65. The van der Waals surface area contributed by atoms with Gasteiger partial charge in [0.1, 0.15) is 5.75 Å². The van der Waals surface area contributed by atoms with Crippen LogP contribution in [-0.2, 0) is 4.79 Å². The van der Waals surface area contributed by atoms with E-state index in [-0.39, 0.29) is 18.9 Å². The summed E-state index contributed by atoms with van der Waals surface area (Å²) < 4.78 is 5.57. The van der Waals surface area contributed by atoms with Crippen LogP contribution in [-0.4, -0.2) is 12.5 Å². The molecule has 0 saturated heterocycles.